The SMILES string of the molecule is CCCn1cc(CNc2ccc([N+](=O)[O-])cc2Cl)cn1. The number of hydrogen-bond donors (Lipinski definition) is 1. The lowest BCUT2D eigenvalue weighted by atomic mass is 10.2. The molecule has 0 bridgehead atoms. The van der Waals surface area contributed by atoms with Crippen LogP contribution in [0.3, 0.4) is 0 Å². The van der Waals surface area contributed by atoms with Crippen molar-refractivity contribution in [2.45, 2.75) is 26.4 Å². The molecule has 0 saturated heterocycles. The van der Waals surface area contributed by atoms with Crippen LogP contribution in [-0.4, -0.2) is 14.7 Å². The van der Waals surface area contributed by atoms with Crippen molar-refractivity contribution in [2.75, 3.05) is 5.32 Å². The van der Waals surface area contributed by atoms with Gasteiger partial charge in [0.1, 0.15) is 0 Å². The summed E-state index contributed by atoms with van der Waals surface area (Å²) in [6, 6.07) is 4.37. The second kappa shape index (κ2) is 6.38. The van der Waals surface area contributed by atoms with Crippen LogP contribution >= 0.6 is 11.6 Å². The van der Waals surface area contributed by atoms with E-state index in [1.807, 2.05) is 10.9 Å². The fraction of sp³-hybridized carbons (Fsp3) is 0.308. The number of nitro benzene ring substituents is 1. The Morgan fingerprint density at radius 3 is 2.95 bits per heavy atom. The van der Waals surface area contributed by atoms with E-state index in [4.69, 9.17) is 11.6 Å². The third-order valence-corrected chi connectivity index (χ3v) is 3.10. The van der Waals surface area contributed by atoms with Gasteiger partial charge in [-0.25, -0.2) is 0 Å². The minimum absolute atomic E-state index is 0.0173. The first-order chi connectivity index (χ1) is 9.60. The molecule has 20 heavy (non-hydrogen) atoms. The topological polar surface area (TPSA) is 73.0 Å². The molecule has 0 radical (unpaired) electrons. The zero-order valence-electron chi connectivity index (χ0n) is 11.0. The number of aryl methyl sites for hydroxylation is 1. The number of nitro groups is 1. The molecule has 1 N–H and O–H groups in total. The average molecular weight is 295 g/mol. The summed E-state index contributed by atoms with van der Waals surface area (Å²) < 4.78 is 1.88. The van der Waals surface area contributed by atoms with Crippen molar-refractivity contribution in [3.63, 3.8) is 0 Å². The number of nitrogens with zero attached hydrogens (tertiary/aromatic N) is 3. The van der Waals surface area contributed by atoms with Crippen LogP contribution in [-0.2, 0) is 13.1 Å². The lowest BCUT2D eigenvalue weighted by Gasteiger charge is -2.06. The summed E-state index contributed by atoms with van der Waals surface area (Å²) in [5, 5.41) is 18.3. The maximum atomic E-state index is 10.6. The molecule has 0 atom stereocenters. The fourth-order valence-electron chi connectivity index (χ4n) is 1.81. The van der Waals surface area contributed by atoms with Crippen LogP contribution < -0.4 is 5.32 Å². The van der Waals surface area contributed by atoms with Gasteiger partial charge in [-0.05, 0) is 12.5 Å². The van der Waals surface area contributed by atoms with E-state index in [0.717, 1.165) is 18.5 Å². The Bertz CT molecular complexity index is 612. The molecule has 1 aromatic heterocycles. The number of nitrogens with one attached hydrogen (secondary N) is 1. The molecule has 2 rings (SSSR count). The van der Waals surface area contributed by atoms with Crippen LogP contribution in [0.2, 0.25) is 5.02 Å². The van der Waals surface area contributed by atoms with Gasteiger partial charge in [-0.15, -0.1) is 0 Å². The van der Waals surface area contributed by atoms with Gasteiger partial charge in [0, 0.05) is 37.0 Å². The standard InChI is InChI=1S/C13H15ClN4O2/c1-2-5-17-9-10(8-16-17)7-15-13-4-3-11(18(19)20)6-12(13)14/h3-4,6,8-9,15H,2,5,7H2,1H3. The predicted molar refractivity (Wildman–Crippen MR) is 78.0 cm³/mol. The summed E-state index contributed by atoms with van der Waals surface area (Å²) >= 11 is 6.01. The Kier molecular flexibility index (Phi) is 4.57. The Labute approximate surface area is 121 Å². The van der Waals surface area contributed by atoms with Gasteiger partial charge in [-0.1, -0.05) is 18.5 Å². The Hall–Kier alpha value is -2.08. The van der Waals surface area contributed by atoms with Crippen molar-refractivity contribution in [3.8, 4) is 0 Å². The number of rotatable bonds is 6. The molecular weight excluding hydrogens is 280 g/mol. The third-order valence-electron chi connectivity index (χ3n) is 2.79. The number of aromatic nitrogens is 2. The Morgan fingerprint density at radius 2 is 2.30 bits per heavy atom. The second-order valence-corrected chi connectivity index (χ2v) is 4.79. The van der Waals surface area contributed by atoms with Crippen LogP contribution in [0.25, 0.3) is 0 Å². The zero-order valence-corrected chi connectivity index (χ0v) is 11.8. The lowest BCUT2D eigenvalue weighted by Crippen LogP contribution is -2.00. The van der Waals surface area contributed by atoms with Gasteiger partial charge in [0.15, 0.2) is 0 Å². The van der Waals surface area contributed by atoms with E-state index in [2.05, 4.69) is 17.3 Å². The Balaban J connectivity index is 2.01. The van der Waals surface area contributed by atoms with Crippen molar-refractivity contribution in [1.82, 2.24) is 9.78 Å². The van der Waals surface area contributed by atoms with Gasteiger partial charge in [0.05, 0.1) is 21.8 Å². The first-order valence-electron chi connectivity index (χ1n) is 6.29. The molecule has 2 aromatic rings. The molecule has 0 saturated carbocycles. The maximum absolute atomic E-state index is 10.6. The van der Waals surface area contributed by atoms with E-state index in [9.17, 15) is 10.1 Å². The maximum Gasteiger partial charge on any atom is 0.271 e. The van der Waals surface area contributed by atoms with Crippen molar-refractivity contribution in [2.24, 2.45) is 0 Å². The normalized spacial score (nSPS) is 10.5. The molecule has 0 spiro atoms. The number of non-ortho nitro benzene ring substituents is 1. The summed E-state index contributed by atoms with van der Waals surface area (Å²) in [6.45, 7) is 3.55. The molecule has 0 fully saturated rings. The minimum Gasteiger partial charge on any atom is -0.380 e. The number of hydrogen-bond acceptors (Lipinski definition) is 4. The molecule has 1 aromatic carbocycles. The van der Waals surface area contributed by atoms with Gasteiger partial charge in [-0.3, -0.25) is 14.8 Å². The average Bonchev–Trinajstić information content (AvgIpc) is 2.85. The second-order valence-electron chi connectivity index (χ2n) is 4.39. The fourth-order valence-corrected chi connectivity index (χ4v) is 2.05. The molecule has 0 amide bonds. The summed E-state index contributed by atoms with van der Waals surface area (Å²) in [5.74, 6) is 0. The summed E-state index contributed by atoms with van der Waals surface area (Å²) in [6.07, 6.45) is 4.79. The number of anilines is 1. The molecule has 7 heteroatoms. The highest BCUT2D eigenvalue weighted by Crippen LogP contribution is 2.26. The molecule has 0 aliphatic heterocycles. The van der Waals surface area contributed by atoms with Crippen molar-refractivity contribution in [3.05, 3.63) is 51.3 Å². The predicted octanol–water partition coefficient (Wildman–Crippen LogP) is 3.47. The molecule has 6 nitrogen and oxygen atoms in total. The Morgan fingerprint density at radius 1 is 1.50 bits per heavy atom. The van der Waals surface area contributed by atoms with Crippen LogP contribution in [0.15, 0.2) is 30.6 Å². The lowest BCUT2D eigenvalue weighted by molar-refractivity contribution is -0.384. The van der Waals surface area contributed by atoms with Gasteiger partial charge in [0.2, 0.25) is 0 Å². The van der Waals surface area contributed by atoms with Gasteiger partial charge >= 0.3 is 0 Å². The zero-order chi connectivity index (χ0) is 14.5. The molecular formula is C13H15ClN4O2. The van der Waals surface area contributed by atoms with Crippen LogP contribution in [0.4, 0.5) is 11.4 Å². The summed E-state index contributed by atoms with van der Waals surface area (Å²) in [4.78, 5) is 10.2. The number of halogens is 1. The van der Waals surface area contributed by atoms with Crippen LogP contribution in [0.5, 0.6) is 0 Å². The minimum atomic E-state index is -0.468. The van der Waals surface area contributed by atoms with Crippen LogP contribution in [0.1, 0.15) is 18.9 Å². The highest BCUT2D eigenvalue weighted by atomic mass is 35.5. The van der Waals surface area contributed by atoms with Gasteiger partial charge in [-0.2, -0.15) is 5.10 Å². The molecule has 0 aliphatic rings. The van der Waals surface area contributed by atoms with E-state index < -0.39 is 4.92 Å². The quantitative estimate of drug-likeness (QED) is 0.654. The summed E-state index contributed by atoms with van der Waals surface area (Å²) in [5.41, 5.74) is 1.68. The molecule has 0 aliphatic carbocycles. The summed E-state index contributed by atoms with van der Waals surface area (Å²) in [7, 11) is 0. The van der Waals surface area contributed by atoms with E-state index in [0.29, 0.717) is 17.3 Å². The van der Waals surface area contributed by atoms with E-state index in [-0.39, 0.29) is 5.69 Å². The van der Waals surface area contributed by atoms with Gasteiger partial charge < -0.3 is 5.32 Å². The molecule has 1 heterocycles. The largest absolute Gasteiger partial charge is 0.380 e. The first-order valence-corrected chi connectivity index (χ1v) is 6.67. The monoisotopic (exact) mass is 294 g/mol. The van der Waals surface area contributed by atoms with E-state index in [1.54, 1.807) is 12.3 Å². The molecule has 0 unspecified atom stereocenters. The van der Waals surface area contributed by atoms with Gasteiger partial charge in [0.25, 0.3) is 5.69 Å². The smallest absolute Gasteiger partial charge is 0.271 e. The first kappa shape index (κ1) is 14.3. The highest BCUT2D eigenvalue weighted by Gasteiger charge is 2.09. The highest BCUT2D eigenvalue weighted by molar-refractivity contribution is 6.33. The van der Waals surface area contributed by atoms with E-state index >= 15 is 0 Å². The van der Waals surface area contributed by atoms with Crippen LogP contribution in [0, 0.1) is 10.1 Å². The van der Waals surface area contributed by atoms with Crippen molar-refractivity contribution < 1.29 is 4.92 Å². The molecule has 106 valence electrons. The third kappa shape index (κ3) is 3.48. The van der Waals surface area contributed by atoms with Crippen molar-refractivity contribution in [1.29, 1.82) is 0 Å². The number of benzene rings is 1. The van der Waals surface area contributed by atoms with E-state index in [1.165, 1.54) is 12.1 Å². The van der Waals surface area contributed by atoms with Crippen molar-refractivity contribution >= 4 is 23.0 Å².